The fourth-order valence-corrected chi connectivity index (χ4v) is 2.29. The van der Waals surface area contributed by atoms with Gasteiger partial charge in [-0.3, -0.25) is 0 Å². The first kappa shape index (κ1) is 12.8. The van der Waals surface area contributed by atoms with Crippen LogP contribution in [0.2, 0.25) is 0 Å². The second-order valence-corrected chi connectivity index (χ2v) is 4.77. The summed E-state index contributed by atoms with van der Waals surface area (Å²) in [6, 6.07) is 18.5. The van der Waals surface area contributed by atoms with Crippen molar-refractivity contribution in [3.05, 3.63) is 71.1 Å². The highest BCUT2D eigenvalue weighted by Gasteiger charge is 1.91. The molecule has 0 N–H and O–H groups in total. The molecule has 2 aromatic rings. The molecule has 0 unspecified atom stereocenters. The normalized spacial score (nSPS) is 10.7. The van der Waals surface area contributed by atoms with Crippen molar-refractivity contribution in [2.75, 3.05) is 7.11 Å². The first-order valence-electron chi connectivity index (χ1n) is 5.84. The van der Waals surface area contributed by atoms with Crippen molar-refractivity contribution in [2.45, 2.75) is 5.75 Å². The van der Waals surface area contributed by atoms with Crippen LogP contribution in [0.3, 0.4) is 0 Å². The van der Waals surface area contributed by atoms with E-state index in [-0.39, 0.29) is 0 Å². The summed E-state index contributed by atoms with van der Waals surface area (Å²) < 4.78 is 5.12. The summed E-state index contributed by atoms with van der Waals surface area (Å²) in [5, 5.41) is 2.13. The molecule has 2 aromatic carbocycles. The molecule has 0 aliphatic heterocycles. The van der Waals surface area contributed by atoms with Gasteiger partial charge in [0.2, 0.25) is 0 Å². The van der Waals surface area contributed by atoms with Crippen LogP contribution in [-0.4, -0.2) is 7.11 Å². The van der Waals surface area contributed by atoms with Crippen molar-refractivity contribution >= 4 is 17.8 Å². The van der Waals surface area contributed by atoms with E-state index in [9.17, 15) is 0 Å². The lowest BCUT2D eigenvalue weighted by molar-refractivity contribution is 0.415. The average Bonchev–Trinajstić information content (AvgIpc) is 2.45. The van der Waals surface area contributed by atoms with Crippen LogP contribution in [0.4, 0.5) is 0 Å². The lowest BCUT2D eigenvalue weighted by Gasteiger charge is -1.99. The summed E-state index contributed by atoms with van der Waals surface area (Å²) in [4.78, 5) is 0. The van der Waals surface area contributed by atoms with Gasteiger partial charge in [-0.05, 0) is 34.7 Å². The molecule has 0 aliphatic rings. The molecule has 18 heavy (non-hydrogen) atoms. The predicted molar refractivity (Wildman–Crippen MR) is 79.8 cm³/mol. The van der Waals surface area contributed by atoms with Gasteiger partial charge in [-0.25, -0.2) is 0 Å². The van der Waals surface area contributed by atoms with Crippen LogP contribution < -0.4 is 4.74 Å². The van der Waals surface area contributed by atoms with Crippen molar-refractivity contribution < 1.29 is 4.74 Å². The Morgan fingerprint density at radius 3 is 2.39 bits per heavy atom. The number of rotatable bonds is 5. The van der Waals surface area contributed by atoms with E-state index in [0.29, 0.717) is 0 Å². The maximum Gasteiger partial charge on any atom is 0.118 e. The summed E-state index contributed by atoms with van der Waals surface area (Å²) in [5.74, 6) is 1.90. The van der Waals surface area contributed by atoms with Crippen LogP contribution in [0.5, 0.6) is 5.75 Å². The van der Waals surface area contributed by atoms with Crippen molar-refractivity contribution in [1.82, 2.24) is 0 Å². The third-order valence-corrected chi connectivity index (χ3v) is 3.39. The summed E-state index contributed by atoms with van der Waals surface area (Å²) in [6.45, 7) is 0. The zero-order valence-electron chi connectivity index (χ0n) is 10.4. The quantitative estimate of drug-likeness (QED) is 0.773. The number of benzene rings is 2. The monoisotopic (exact) mass is 256 g/mol. The minimum Gasteiger partial charge on any atom is -0.497 e. The Labute approximate surface area is 112 Å². The molecule has 0 bridgehead atoms. The van der Waals surface area contributed by atoms with E-state index >= 15 is 0 Å². The number of thioether (sulfide) groups is 1. The first-order valence-corrected chi connectivity index (χ1v) is 6.89. The smallest absolute Gasteiger partial charge is 0.118 e. The summed E-state index contributed by atoms with van der Waals surface area (Å²) >= 11 is 1.80. The van der Waals surface area contributed by atoms with Gasteiger partial charge in [0.05, 0.1) is 7.11 Å². The van der Waals surface area contributed by atoms with Gasteiger partial charge < -0.3 is 4.74 Å². The lowest BCUT2D eigenvalue weighted by Crippen LogP contribution is -1.81. The van der Waals surface area contributed by atoms with Gasteiger partial charge in [0.15, 0.2) is 0 Å². The van der Waals surface area contributed by atoms with Gasteiger partial charge >= 0.3 is 0 Å². The largest absolute Gasteiger partial charge is 0.497 e. The van der Waals surface area contributed by atoms with Crippen LogP contribution in [0.15, 0.2) is 60.0 Å². The lowest BCUT2D eigenvalue weighted by atomic mass is 10.2. The van der Waals surface area contributed by atoms with Crippen LogP contribution >= 0.6 is 11.8 Å². The highest BCUT2D eigenvalue weighted by atomic mass is 32.2. The second kappa shape index (κ2) is 6.92. The Balaban J connectivity index is 1.84. The zero-order chi connectivity index (χ0) is 12.6. The number of hydrogen-bond acceptors (Lipinski definition) is 2. The van der Waals surface area contributed by atoms with Gasteiger partial charge in [-0.2, -0.15) is 0 Å². The molecule has 2 rings (SSSR count). The van der Waals surface area contributed by atoms with Crippen molar-refractivity contribution in [3.8, 4) is 5.75 Å². The zero-order valence-corrected chi connectivity index (χ0v) is 11.2. The number of hydrogen-bond donors (Lipinski definition) is 0. The molecule has 0 spiro atoms. The standard InChI is InChI=1S/C16H16OS/c1-17-16-9-7-14(8-10-16)11-12-18-13-15-5-3-2-4-6-15/h2-12H,13H2,1H3. The third-order valence-electron chi connectivity index (χ3n) is 2.57. The molecule has 0 amide bonds. The molecule has 0 aliphatic carbocycles. The van der Waals surface area contributed by atoms with E-state index in [2.05, 4.69) is 47.9 Å². The van der Waals surface area contributed by atoms with Gasteiger partial charge in [-0.15, -0.1) is 11.8 Å². The molecule has 0 heterocycles. The number of methoxy groups -OCH3 is 1. The molecular formula is C16H16OS. The summed E-state index contributed by atoms with van der Waals surface area (Å²) in [5.41, 5.74) is 2.54. The Morgan fingerprint density at radius 1 is 1.00 bits per heavy atom. The van der Waals surface area contributed by atoms with Crippen LogP contribution in [0.25, 0.3) is 6.08 Å². The van der Waals surface area contributed by atoms with Gasteiger partial charge in [0.1, 0.15) is 5.75 Å². The van der Waals surface area contributed by atoms with E-state index in [1.165, 1.54) is 11.1 Å². The summed E-state index contributed by atoms with van der Waals surface area (Å²) in [7, 11) is 1.68. The minimum absolute atomic E-state index is 0.893. The van der Waals surface area contributed by atoms with Crippen molar-refractivity contribution in [3.63, 3.8) is 0 Å². The summed E-state index contributed by atoms with van der Waals surface area (Å²) in [6.07, 6.45) is 2.12. The maximum atomic E-state index is 5.12. The third kappa shape index (κ3) is 3.97. The Bertz CT molecular complexity index is 488. The van der Waals surface area contributed by atoms with E-state index in [0.717, 1.165) is 11.5 Å². The molecule has 92 valence electrons. The molecule has 2 heteroatoms. The molecule has 0 saturated heterocycles. The molecule has 0 saturated carbocycles. The number of ether oxygens (including phenoxy) is 1. The molecule has 0 aromatic heterocycles. The minimum atomic E-state index is 0.893. The Morgan fingerprint density at radius 2 is 1.72 bits per heavy atom. The van der Waals surface area contributed by atoms with Crippen molar-refractivity contribution in [2.24, 2.45) is 0 Å². The molecule has 1 nitrogen and oxygen atoms in total. The van der Waals surface area contributed by atoms with E-state index in [1.54, 1.807) is 18.9 Å². The van der Waals surface area contributed by atoms with E-state index in [4.69, 9.17) is 4.74 Å². The van der Waals surface area contributed by atoms with Gasteiger partial charge in [-0.1, -0.05) is 42.5 Å². The first-order chi connectivity index (χ1) is 8.88. The Hall–Kier alpha value is -1.67. The fraction of sp³-hybridized carbons (Fsp3) is 0.125. The SMILES string of the molecule is COc1ccc(C=CSCc2ccccc2)cc1. The van der Waals surface area contributed by atoms with E-state index < -0.39 is 0 Å². The van der Waals surface area contributed by atoms with Gasteiger partial charge in [0, 0.05) is 5.75 Å². The molecular weight excluding hydrogens is 240 g/mol. The highest BCUT2D eigenvalue weighted by Crippen LogP contribution is 2.16. The predicted octanol–water partition coefficient (Wildman–Crippen LogP) is 4.60. The fourth-order valence-electron chi connectivity index (χ4n) is 1.56. The Kier molecular flexibility index (Phi) is 4.91. The van der Waals surface area contributed by atoms with Crippen LogP contribution in [0, 0.1) is 0 Å². The van der Waals surface area contributed by atoms with Crippen LogP contribution in [-0.2, 0) is 5.75 Å². The molecule has 0 fully saturated rings. The highest BCUT2D eigenvalue weighted by molar-refractivity contribution is 8.01. The average molecular weight is 256 g/mol. The molecule has 0 radical (unpaired) electrons. The van der Waals surface area contributed by atoms with Gasteiger partial charge in [0.25, 0.3) is 0 Å². The maximum absolute atomic E-state index is 5.12. The van der Waals surface area contributed by atoms with Crippen LogP contribution in [0.1, 0.15) is 11.1 Å². The topological polar surface area (TPSA) is 9.23 Å². The van der Waals surface area contributed by atoms with E-state index in [1.807, 2.05) is 18.2 Å². The molecule has 0 atom stereocenters. The van der Waals surface area contributed by atoms with Crippen molar-refractivity contribution in [1.29, 1.82) is 0 Å². The second-order valence-electron chi connectivity index (χ2n) is 3.87.